The molecule has 1 aromatic heterocycles. The van der Waals surface area contributed by atoms with Gasteiger partial charge < -0.3 is 24.6 Å². The van der Waals surface area contributed by atoms with Gasteiger partial charge in [-0.1, -0.05) is 12.1 Å². The van der Waals surface area contributed by atoms with Gasteiger partial charge in [-0.25, -0.2) is 9.59 Å². The molecule has 0 unspecified atom stereocenters. The second-order valence-corrected chi connectivity index (χ2v) is 13.1. The monoisotopic (exact) mass is 540 g/mol. The standard InChI is InChI=1S/C30H44N4O5/c1-29(2,3)38-27(36)33-17-19-16-24-22(21-11-9-12-23(33)25(19)21)15-20(26(35)31-13-10-14-32(7)8)18-34(24)28(37)39-30(4,5)6/h9,11-12,17,20,22,24H,10,13-16,18H2,1-8H3,(H,31,35)/t20-,22-,24-/m1/s1. The molecule has 0 radical (unpaired) electrons. The molecule has 214 valence electrons. The van der Waals surface area contributed by atoms with E-state index in [0.29, 0.717) is 25.9 Å². The van der Waals surface area contributed by atoms with Crippen LogP contribution in [0.25, 0.3) is 10.9 Å². The summed E-state index contributed by atoms with van der Waals surface area (Å²) in [4.78, 5) is 43.7. The maximum atomic E-state index is 13.5. The Morgan fingerprint density at radius 3 is 2.33 bits per heavy atom. The minimum Gasteiger partial charge on any atom is -0.444 e. The minimum absolute atomic E-state index is 0.0370. The number of rotatable bonds is 5. The molecule has 0 bridgehead atoms. The first kappa shape index (κ1) is 28.9. The van der Waals surface area contributed by atoms with Gasteiger partial charge in [-0.05, 0) is 98.6 Å². The second kappa shape index (κ2) is 10.8. The molecule has 9 nitrogen and oxygen atoms in total. The fourth-order valence-corrected chi connectivity index (χ4v) is 5.74. The summed E-state index contributed by atoms with van der Waals surface area (Å²) in [6.07, 6.45) is 3.05. The SMILES string of the molecule is CN(C)CCCNC(=O)[C@@H]1C[C@@H]2c3cccc4c3c(cn4C(=O)OC(C)(C)C)C[C@H]2N(C(=O)OC(C)(C)C)C1. The maximum absolute atomic E-state index is 13.5. The normalized spacial score (nSPS) is 21.1. The molecule has 1 aliphatic heterocycles. The zero-order valence-corrected chi connectivity index (χ0v) is 24.7. The summed E-state index contributed by atoms with van der Waals surface area (Å²) < 4.78 is 13.1. The van der Waals surface area contributed by atoms with Gasteiger partial charge in [0.1, 0.15) is 11.2 Å². The number of nitrogens with one attached hydrogen (secondary N) is 1. The fourth-order valence-electron chi connectivity index (χ4n) is 5.74. The number of fused-ring (bicyclic) bond motifs is 2. The molecule has 1 fully saturated rings. The lowest BCUT2D eigenvalue weighted by molar-refractivity contribution is -0.127. The largest absolute Gasteiger partial charge is 0.444 e. The number of ether oxygens (including phenoxy) is 2. The molecular formula is C30H44N4O5. The Morgan fingerprint density at radius 2 is 1.69 bits per heavy atom. The molecule has 9 heteroatoms. The number of hydrogen-bond acceptors (Lipinski definition) is 6. The van der Waals surface area contributed by atoms with Crippen LogP contribution >= 0.6 is 0 Å². The number of nitrogens with zero attached hydrogens (tertiary/aromatic N) is 3. The Morgan fingerprint density at radius 1 is 1.03 bits per heavy atom. The summed E-state index contributed by atoms with van der Waals surface area (Å²) in [6.45, 7) is 12.9. The number of benzene rings is 1. The van der Waals surface area contributed by atoms with E-state index >= 15 is 0 Å². The number of aromatic nitrogens is 1. The van der Waals surface area contributed by atoms with Gasteiger partial charge in [0.05, 0.1) is 11.4 Å². The Labute approximate surface area is 231 Å². The highest BCUT2D eigenvalue weighted by Crippen LogP contribution is 2.46. The molecule has 0 spiro atoms. The first-order valence-corrected chi connectivity index (χ1v) is 13.9. The molecule has 2 aromatic rings. The van der Waals surface area contributed by atoms with E-state index in [4.69, 9.17) is 9.47 Å². The first-order valence-electron chi connectivity index (χ1n) is 13.9. The number of hydrogen-bond donors (Lipinski definition) is 1. The van der Waals surface area contributed by atoms with Crippen LogP contribution in [-0.4, -0.2) is 83.4 Å². The number of amides is 2. The average molecular weight is 541 g/mol. The molecule has 1 aromatic carbocycles. The third-order valence-electron chi connectivity index (χ3n) is 7.26. The molecule has 0 saturated carbocycles. The van der Waals surface area contributed by atoms with Crippen molar-refractivity contribution in [1.29, 1.82) is 0 Å². The Balaban J connectivity index is 1.68. The predicted molar refractivity (Wildman–Crippen MR) is 151 cm³/mol. The molecule has 1 N–H and O–H groups in total. The van der Waals surface area contributed by atoms with Crippen molar-refractivity contribution < 1.29 is 23.9 Å². The lowest BCUT2D eigenvalue weighted by Crippen LogP contribution is -2.56. The number of carbonyl (C=O) groups is 3. The van der Waals surface area contributed by atoms with E-state index in [9.17, 15) is 14.4 Å². The summed E-state index contributed by atoms with van der Waals surface area (Å²) in [5.74, 6) is -0.456. The smallest absolute Gasteiger partial charge is 0.419 e. The van der Waals surface area contributed by atoms with Gasteiger partial charge in [-0.2, -0.15) is 0 Å². The molecular weight excluding hydrogens is 496 g/mol. The van der Waals surface area contributed by atoms with Gasteiger partial charge in [0.2, 0.25) is 5.91 Å². The summed E-state index contributed by atoms with van der Waals surface area (Å²) in [7, 11) is 4.02. The summed E-state index contributed by atoms with van der Waals surface area (Å²) in [5, 5.41) is 4.10. The quantitative estimate of drug-likeness (QED) is 0.550. The molecule has 39 heavy (non-hydrogen) atoms. The van der Waals surface area contributed by atoms with Crippen molar-refractivity contribution in [3.63, 3.8) is 0 Å². The number of piperidine rings is 1. The first-order chi connectivity index (χ1) is 18.1. The Hall–Kier alpha value is -3.07. The predicted octanol–water partition coefficient (Wildman–Crippen LogP) is 4.76. The van der Waals surface area contributed by atoms with Crippen molar-refractivity contribution in [2.75, 3.05) is 33.7 Å². The third-order valence-corrected chi connectivity index (χ3v) is 7.26. The molecule has 2 aliphatic rings. The maximum Gasteiger partial charge on any atom is 0.419 e. The van der Waals surface area contributed by atoms with Crippen LogP contribution in [-0.2, 0) is 20.7 Å². The van der Waals surface area contributed by atoms with Gasteiger partial charge in [0, 0.05) is 36.6 Å². The van der Waals surface area contributed by atoms with Gasteiger partial charge in [-0.3, -0.25) is 9.36 Å². The fraction of sp³-hybridized carbons (Fsp3) is 0.633. The van der Waals surface area contributed by atoms with E-state index in [1.54, 1.807) is 9.47 Å². The zero-order chi connectivity index (χ0) is 28.7. The van der Waals surface area contributed by atoms with E-state index in [1.165, 1.54) is 0 Å². The molecule has 4 rings (SSSR count). The molecule has 2 amide bonds. The summed E-state index contributed by atoms with van der Waals surface area (Å²) in [6, 6.07) is 5.75. The minimum atomic E-state index is -0.659. The average Bonchev–Trinajstić information content (AvgIpc) is 3.19. The zero-order valence-electron chi connectivity index (χ0n) is 24.7. The Bertz CT molecular complexity index is 1240. The van der Waals surface area contributed by atoms with Crippen LogP contribution in [0.4, 0.5) is 9.59 Å². The van der Waals surface area contributed by atoms with E-state index in [-0.39, 0.29) is 23.8 Å². The lowest BCUT2D eigenvalue weighted by atomic mass is 9.72. The van der Waals surface area contributed by atoms with E-state index < -0.39 is 23.4 Å². The van der Waals surface area contributed by atoms with Crippen LogP contribution in [0.5, 0.6) is 0 Å². The second-order valence-electron chi connectivity index (χ2n) is 13.1. The van der Waals surface area contributed by atoms with Gasteiger partial charge in [0.25, 0.3) is 0 Å². The molecule has 1 aliphatic carbocycles. The van der Waals surface area contributed by atoms with Crippen molar-refractivity contribution in [1.82, 2.24) is 19.7 Å². The third kappa shape index (κ3) is 6.57. The van der Waals surface area contributed by atoms with Crippen LogP contribution in [0.2, 0.25) is 0 Å². The number of carbonyl (C=O) groups excluding carboxylic acids is 3. The van der Waals surface area contributed by atoms with Gasteiger partial charge in [0.15, 0.2) is 0 Å². The summed E-state index contributed by atoms with van der Waals surface area (Å²) in [5.41, 5.74) is 1.55. The lowest BCUT2D eigenvalue weighted by Gasteiger charge is -2.46. The van der Waals surface area contributed by atoms with Crippen molar-refractivity contribution >= 4 is 29.0 Å². The molecule has 3 atom stereocenters. The Kier molecular flexibility index (Phi) is 8.03. The van der Waals surface area contributed by atoms with E-state index in [1.807, 2.05) is 74.0 Å². The van der Waals surface area contributed by atoms with E-state index in [2.05, 4.69) is 16.3 Å². The number of likely N-dealkylation sites (tertiary alicyclic amines) is 1. The van der Waals surface area contributed by atoms with Crippen LogP contribution in [0.1, 0.15) is 71.4 Å². The van der Waals surface area contributed by atoms with Gasteiger partial charge >= 0.3 is 12.2 Å². The summed E-state index contributed by atoms with van der Waals surface area (Å²) >= 11 is 0. The van der Waals surface area contributed by atoms with Crippen molar-refractivity contribution in [2.45, 2.75) is 84.0 Å². The van der Waals surface area contributed by atoms with Crippen LogP contribution in [0, 0.1) is 5.92 Å². The topological polar surface area (TPSA) is 93.1 Å². The van der Waals surface area contributed by atoms with Crippen molar-refractivity contribution in [3.05, 3.63) is 35.5 Å². The highest BCUT2D eigenvalue weighted by molar-refractivity contribution is 5.95. The highest BCUT2D eigenvalue weighted by atomic mass is 16.6. The molecule has 1 saturated heterocycles. The van der Waals surface area contributed by atoms with Gasteiger partial charge in [-0.15, -0.1) is 0 Å². The van der Waals surface area contributed by atoms with Crippen LogP contribution in [0.3, 0.4) is 0 Å². The van der Waals surface area contributed by atoms with Crippen LogP contribution < -0.4 is 5.32 Å². The van der Waals surface area contributed by atoms with Crippen LogP contribution in [0.15, 0.2) is 24.4 Å². The highest BCUT2D eigenvalue weighted by Gasteiger charge is 2.46. The molecule has 2 heterocycles. The van der Waals surface area contributed by atoms with Crippen molar-refractivity contribution in [2.24, 2.45) is 5.92 Å². The van der Waals surface area contributed by atoms with Crippen molar-refractivity contribution in [3.8, 4) is 0 Å². The van der Waals surface area contributed by atoms with E-state index in [0.717, 1.165) is 35.0 Å².